The van der Waals surface area contributed by atoms with E-state index in [2.05, 4.69) is 15.3 Å². The number of rotatable bonds is 9. The van der Waals surface area contributed by atoms with Gasteiger partial charge < -0.3 is 29.3 Å². The van der Waals surface area contributed by atoms with E-state index in [-0.39, 0.29) is 23.3 Å². The van der Waals surface area contributed by atoms with Gasteiger partial charge in [-0.2, -0.15) is 0 Å². The van der Waals surface area contributed by atoms with Crippen molar-refractivity contribution in [3.63, 3.8) is 0 Å². The Morgan fingerprint density at radius 2 is 1.56 bits per heavy atom. The number of hydrogen-bond donors (Lipinski definition) is 1. The maximum absolute atomic E-state index is 13.3. The zero-order valence-electron chi connectivity index (χ0n) is 24.2. The summed E-state index contributed by atoms with van der Waals surface area (Å²) >= 11 is 0. The Morgan fingerprint density at radius 3 is 2.14 bits per heavy atom. The SMILES string of the molecule is COc1cc(C(=O)N2CCN(C(=O)CNc3c(-c4ccc(S(C)(=O)=O)cc4)nc4cnccn34)CC2)cc(OC)c1OC. The zero-order valence-corrected chi connectivity index (χ0v) is 25.1. The van der Waals surface area contributed by atoms with Crippen LogP contribution in [-0.4, -0.2) is 105 Å². The molecular weight excluding hydrogens is 576 g/mol. The molecule has 0 bridgehead atoms. The molecule has 0 aliphatic carbocycles. The van der Waals surface area contributed by atoms with Crippen LogP contribution in [0.5, 0.6) is 17.2 Å². The van der Waals surface area contributed by atoms with E-state index in [0.717, 1.165) is 6.26 Å². The van der Waals surface area contributed by atoms with Gasteiger partial charge in [-0.15, -0.1) is 0 Å². The first-order valence-corrected chi connectivity index (χ1v) is 15.3. The van der Waals surface area contributed by atoms with Gasteiger partial charge in [0.1, 0.15) is 11.5 Å². The second-order valence-corrected chi connectivity index (χ2v) is 11.9. The predicted octanol–water partition coefficient (Wildman–Crippen LogP) is 2.22. The van der Waals surface area contributed by atoms with Crippen molar-refractivity contribution < 1.29 is 32.2 Å². The Hall–Kier alpha value is -4.85. The van der Waals surface area contributed by atoms with E-state index in [1.54, 1.807) is 57.1 Å². The molecule has 2 amide bonds. The average Bonchev–Trinajstić information content (AvgIpc) is 3.40. The van der Waals surface area contributed by atoms with Gasteiger partial charge in [0, 0.05) is 56.0 Å². The van der Waals surface area contributed by atoms with Crippen LogP contribution in [0.3, 0.4) is 0 Å². The standard InChI is InChI=1S/C29H32N6O7S/c1-40-22-15-20(16-23(41-2)27(22)42-3)29(37)34-13-11-33(12-14-34)25(36)18-31-28-26(32-24-17-30-9-10-35(24)28)19-5-7-21(8-6-19)43(4,38)39/h5-10,15-17,31H,11-14,18H2,1-4H3. The van der Waals surface area contributed by atoms with Crippen LogP contribution in [-0.2, 0) is 14.6 Å². The van der Waals surface area contributed by atoms with Gasteiger partial charge in [0.05, 0.1) is 39.0 Å². The first-order valence-electron chi connectivity index (χ1n) is 13.4. The monoisotopic (exact) mass is 608 g/mol. The van der Waals surface area contributed by atoms with Crippen LogP contribution in [0.25, 0.3) is 16.9 Å². The highest BCUT2D eigenvalue weighted by atomic mass is 32.2. The largest absolute Gasteiger partial charge is 0.493 e. The number of aromatic nitrogens is 3. The van der Waals surface area contributed by atoms with Crippen molar-refractivity contribution in [2.75, 3.05) is 65.6 Å². The fraction of sp³-hybridized carbons (Fsp3) is 0.310. The molecule has 13 nitrogen and oxygen atoms in total. The summed E-state index contributed by atoms with van der Waals surface area (Å²) in [7, 11) is 1.13. The smallest absolute Gasteiger partial charge is 0.254 e. The van der Waals surface area contributed by atoms with Crippen LogP contribution >= 0.6 is 0 Å². The molecule has 0 atom stereocenters. The molecule has 0 saturated carbocycles. The molecule has 3 heterocycles. The van der Waals surface area contributed by atoms with Crippen molar-refractivity contribution >= 4 is 33.1 Å². The minimum absolute atomic E-state index is 0.00857. The molecule has 1 fully saturated rings. The van der Waals surface area contributed by atoms with E-state index < -0.39 is 9.84 Å². The number of piperazine rings is 1. The number of methoxy groups -OCH3 is 3. The number of anilines is 1. The Bertz CT molecular complexity index is 1740. The van der Waals surface area contributed by atoms with Crippen LogP contribution in [0.4, 0.5) is 5.82 Å². The number of carbonyl (C=O) groups is 2. The van der Waals surface area contributed by atoms with Gasteiger partial charge >= 0.3 is 0 Å². The third kappa shape index (κ3) is 6.04. The first-order chi connectivity index (χ1) is 20.6. The van der Waals surface area contributed by atoms with E-state index in [4.69, 9.17) is 14.2 Å². The van der Waals surface area contributed by atoms with E-state index in [0.29, 0.717) is 71.7 Å². The van der Waals surface area contributed by atoms with E-state index in [1.165, 1.54) is 33.5 Å². The van der Waals surface area contributed by atoms with Gasteiger partial charge in [-0.25, -0.2) is 13.4 Å². The number of sulfone groups is 1. The number of carbonyl (C=O) groups excluding carboxylic acids is 2. The minimum atomic E-state index is -3.35. The average molecular weight is 609 g/mol. The fourth-order valence-electron chi connectivity index (χ4n) is 4.95. The molecule has 2 aromatic heterocycles. The summed E-state index contributed by atoms with van der Waals surface area (Å²) in [6.45, 7) is 1.45. The van der Waals surface area contributed by atoms with Crippen LogP contribution in [0.15, 0.2) is 59.9 Å². The number of fused-ring (bicyclic) bond motifs is 1. The van der Waals surface area contributed by atoms with Crippen LogP contribution < -0.4 is 19.5 Å². The number of nitrogens with one attached hydrogen (secondary N) is 1. The van der Waals surface area contributed by atoms with Crippen molar-refractivity contribution in [3.05, 3.63) is 60.6 Å². The molecule has 0 spiro atoms. The van der Waals surface area contributed by atoms with Gasteiger partial charge in [0.25, 0.3) is 5.91 Å². The second-order valence-electron chi connectivity index (χ2n) is 9.85. The maximum atomic E-state index is 13.3. The lowest BCUT2D eigenvalue weighted by atomic mass is 10.1. The molecule has 1 aliphatic heterocycles. The maximum Gasteiger partial charge on any atom is 0.254 e. The molecule has 1 saturated heterocycles. The Labute approximate surface area is 248 Å². The van der Waals surface area contributed by atoms with Crippen molar-refractivity contribution in [3.8, 4) is 28.5 Å². The van der Waals surface area contributed by atoms with Crippen LogP contribution in [0, 0.1) is 0 Å². The number of benzene rings is 2. The van der Waals surface area contributed by atoms with Crippen LogP contribution in [0.1, 0.15) is 10.4 Å². The lowest BCUT2D eigenvalue weighted by Crippen LogP contribution is -2.51. The number of imidazole rings is 1. The third-order valence-corrected chi connectivity index (χ3v) is 8.35. The normalized spacial score (nSPS) is 13.6. The van der Waals surface area contributed by atoms with Crippen molar-refractivity contribution in [1.29, 1.82) is 0 Å². The lowest BCUT2D eigenvalue weighted by molar-refractivity contribution is -0.130. The summed E-state index contributed by atoms with van der Waals surface area (Å²) in [5, 5.41) is 3.22. The summed E-state index contributed by atoms with van der Waals surface area (Å²) < 4.78 is 41.7. The van der Waals surface area contributed by atoms with Crippen molar-refractivity contribution in [2.45, 2.75) is 4.90 Å². The molecule has 4 aromatic rings. The number of hydrogen-bond acceptors (Lipinski definition) is 10. The molecule has 14 heteroatoms. The van der Waals surface area contributed by atoms with E-state index in [9.17, 15) is 18.0 Å². The quantitative estimate of drug-likeness (QED) is 0.300. The Balaban J connectivity index is 1.27. The highest BCUT2D eigenvalue weighted by Gasteiger charge is 2.27. The number of ether oxygens (including phenoxy) is 3. The van der Waals surface area contributed by atoms with Gasteiger partial charge in [-0.3, -0.25) is 19.0 Å². The summed E-state index contributed by atoms with van der Waals surface area (Å²) in [5.74, 6) is 1.42. The Morgan fingerprint density at radius 1 is 0.930 bits per heavy atom. The van der Waals surface area contributed by atoms with E-state index in [1.807, 2.05) is 0 Å². The molecular formula is C29H32N6O7S. The lowest BCUT2D eigenvalue weighted by Gasteiger charge is -2.35. The second kappa shape index (κ2) is 12.2. The summed E-state index contributed by atoms with van der Waals surface area (Å²) in [6, 6.07) is 9.65. The molecule has 0 radical (unpaired) electrons. The number of nitrogens with zero attached hydrogens (tertiary/aromatic N) is 5. The number of amides is 2. The highest BCUT2D eigenvalue weighted by molar-refractivity contribution is 7.90. The summed E-state index contributed by atoms with van der Waals surface area (Å²) in [6.07, 6.45) is 6.10. The topological polar surface area (TPSA) is 145 Å². The first kappa shape index (κ1) is 29.6. The Kier molecular flexibility index (Phi) is 8.39. The summed E-state index contributed by atoms with van der Waals surface area (Å²) in [5.41, 5.74) is 2.21. The molecule has 43 heavy (non-hydrogen) atoms. The minimum Gasteiger partial charge on any atom is -0.493 e. The van der Waals surface area contributed by atoms with Crippen molar-refractivity contribution in [2.24, 2.45) is 0 Å². The summed E-state index contributed by atoms with van der Waals surface area (Å²) in [4.78, 5) is 38.9. The third-order valence-electron chi connectivity index (χ3n) is 7.22. The molecule has 0 unspecified atom stereocenters. The fourth-order valence-corrected chi connectivity index (χ4v) is 5.58. The van der Waals surface area contributed by atoms with Gasteiger partial charge in [-0.05, 0) is 24.3 Å². The van der Waals surface area contributed by atoms with Gasteiger partial charge in [0.2, 0.25) is 11.7 Å². The zero-order chi connectivity index (χ0) is 30.7. The predicted molar refractivity (Wildman–Crippen MR) is 159 cm³/mol. The van der Waals surface area contributed by atoms with Gasteiger partial charge in [-0.1, -0.05) is 12.1 Å². The molecule has 226 valence electrons. The molecule has 5 rings (SSSR count). The molecule has 1 N–H and O–H groups in total. The van der Waals surface area contributed by atoms with Crippen LogP contribution in [0.2, 0.25) is 0 Å². The van der Waals surface area contributed by atoms with Gasteiger partial charge in [0.15, 0.2) is 27.0 Å². The highest BCUT2D eigenvalue weighted by Crippen LogP contribution is 2.38. The van der Waals surface area contributed by atoms with Crippen molar-refractivity contribution in [1.82, 2.24) is 24.2 Å². The molecule has 2 aromatic carbocycles. The van der Waals surface area contributed by atoms with E-state index >= 15 is 0 Å². The molecule has 1 aliphatic rings.